The molecule has 0 aliphatic heterocycles. The lowest BCUT2D eigenvalue weighted by atomic mass is 9.89. The average molecular weight is 286 g/mol. The van der Waals surface area contributed by atoms with E-state index in [0.29, 0.717) is 6.61 Å². The Labute approximate surface area is 125 Å². The van der Waals surface area contributed by atoms with Crippen LogP contribution >= 0.6 is 0 Å². The first kappa shape index (κ1) is 14.1. The lowest BCUT2D eigenvalue weighted by molar-refractivity contribution is 0.156. The fraction of sp³-hybridized carbons (Fsp3) is 0.471. The Morgan fingerprint density at radius 2 is 2.33 bits per heavy atom. The minimum absolute atomic E-state index is 0.345. The number of hydrogen-bond donors (Lipinski definition) is 1. The fourth-order valence-corrected chi connectivity index (χ4v) is 2.91. The first-order valence-corrected chi connectivity index (χ1v) is 7.70. The summed E-state index contributed by atoms with van der Waals surface area (Å²) in [6.45, 7) is 3.62. The van der Waals surface area contributed by atoms with Gasteiger partial charge in [0.25, 0.3) is 0 Å². The Morgan fingerprint density at radius 1 is 1.43 bits per heavy atom. The van der Waals surface area contributed by atoms with Crippen LogP contribution < -0.4 is 4.74 Å². The average Bonchev–Trinajstić information content (AvgIpc) is 2.93. The van der Waals surface area contributed by atoms with E-state index >= 15 is 0 Å². The van der Waals surface area contributed by atoms with Crippen molar-refractivity contribution in [1.82, 2.24) is 9.55 Å². The number of benzene rings is 1. The molecule has 112 valence electrons. The van der Waals surface area contributed by atoms with Crippen molar-refractivity contribution in [1.29, 1.82) is 0 Å². The van der Waals surface area contributed by atoms with Gasteiger partial charge in [-0.3, -0.25) is 0 Å². The number of imidazole rings is 1. The summed E-state index contributed by atoms with van der Waals surface area (Å²) in [7, 11) is 0. The van der Waals surface area contributed by atoms with Gasteiger partial charge in [-0.25, -0.2) is 4.98 Å². The maximum atomic E-state index is 10.1. The van der Waals surface area contributed by atoms with E-state index in [2.05, 4.69) is 22.5 Å². The van der Waals surface area contributed by atoms with E-state index in [1.54, 1.807) is 0 Å². The molecule has 0 saturated carbocycles. The lowest BCUT2D eigenvalue weighted by Crippen LogP contribution is -2.10. The predicted molar refractivity (Wildman–Crippen MR) is 81.2 cm³/mol. The number of ether oxygens (including phenoxy) is 1. The molecule has 4 nitrogen and oxygen atoms in total. The Hall–Kier alpha value is -1.81. The summed E-state index contributed by atoms with van der Waals surface area (Å²) in [5, 5.41) is 10.1. The minimum atomic E-state index is -0.345. The Bertz CT molecular complexity index is 607. The van der Waals surface area contributed by atoms with Crippen molar-refractivity contribution in [2.24, 2.45) is 0 Å². The van der Waals surface area contributed by atoms with Crippen molar-refractivity contribution in [2.75, 3.05) is 0 Å². The number of aliphatic hydroxyl groups is 1. The van der Waals surface area contributed by atoms with Gasteiger partial charge in [0.1, 0.15) is 12.4 Å². The second-order valence-corrected chi connectivity index (χ2v) is 5.64. The van der Waals surface area contributed by atoms with E-state index in [0.717, 1.165) is 49.2 Å². The molecule has 0 saturated heterocycles. The Morgan fingerprint density at radius 3 is 3.19 bits per heavy atom. The van der Waals surface area contributed by atoms with Crippen LogP contribution in [0.1, 0.15) is 49.1 Å². The van der Waals surface area contributed by atoms with Crippen molar-refractivity contribution in [3.8, 4) is 5.75 Å². The molecule has 1 aliphatic rings. The van der Waals surface area contributed by atoms with Gasteiger partial charge in [-0.1, -0.05) is 13.0 Å². The number of aliphatic hydroxyl groups excluding tert-OH is 1. The van der Waals surface area contributed by atoms with Crippen molar-refractivity contribution >= 4 is 0 Å². The Balaban J connectivity index is 1.71. The zero-order valence-corrected chi connectivity index (χ0v) is 12.5. The van der Waals surface area contributed by atoms with Crippen LogP contribution in [0.15, 0.2) is 30.7 Å². The molecule has 0 radical (unpaired) electrons. The maximum absolute atomic E-state index is 10.1. The van der Waals surface area contributed by atoms with Gasteiger partial charge in [0.15, 0.2) is 0 Å². The highest BCUT2D eigenvalue weighted by atomic mass is 16.5. The Kier molecular flexibility index (Phi) is 4.25. The molecular weight excluding hydrogens is 264 g/mol. The normalized spacial score (nSPS) is 17.5. The highest BCUT2D eigenvalue weighted by Crippen LogP contribution is 2.32. The van der Waals surface area contributed by atoms with Gasteiger partial charge in [-0.15, -0.1) is 0 Å². The van der Waals surface area contributed by atoms with Gasteiger partial charge < -0.3 is 14.4 Å². The van der Waals surface area contributed by atoms with Crippen LogP contribution in [0.4, 0.5) is 0 Å². The smallest absolute Gasteiger partial charge is 0.130 e. The van der Waals surface area contributed by atoms with Gasteiger partial charge in [0, 0.05) is 6.54 Å². The fourth-order valence-electron chi connectivity index (χ4n) is 2.91. The predicted octanol–water partition coefficient (Wildman–Crippen LogP) is 3.24. The van der Waals surface area contributed by atoms with Crippen LogP contribution in [0.2, 0.25) is 0 Å². The SMILES string of the molecule is CCCn1cncc1COc1ccc2c(c1)[C@@H](O)CCC2. The molecule has 0 bridgehead atoms. The molecule has 0 fully saturated rings. The van der Waals surface area contributed by atoms with E-state index in [-0.39, 0.29) is 6.10 Å². The highest BCUT2D eigenvalue weighted by molar-refractivity contribution is 5.38. The summed E-state index contributed by atoms with van der Waals surface area (Å²) in [6.07, 6.45) is 7.39. The number of rotatable bonds is 5. The van der Waals surface area contributed by atoms with Crippen molar-refractivity contribution < 1.29 is 9.84 Å². The number of hydrogen-bond acceptors (Lipinski definition) is 3. The van der Waals surface area contributed by atoms with E-state index in [4.69, 9.17) is 4.74 Å². The first-order valence-electron chi connectivity index (χ1n) is 7.70. The third-order valence-corrected chi connectivity index (χ3v) is 4.05. The molecule has 1 aliphatic carbocycles. The van der Waals surface area contributed by atoms with E-state index in [1.807, 2.05) is 24.7 Å². The number of nitrogens with zero attached hydrogens (tertiary/aromatic N) is 2. The van der Waals surface area contributed by atoms with E-state index in [9.17, 15) is 5.11 Å². The number of aromatic nitrogens is 2. The molecule has 3 rings (SSSR count). The van der Waals surface area contributed by atoms with E-state index in [1.165, 1.54) is 5.56 Å². The van der Waals surface area contributed by atoms with E-state index < -0.39 is 0 Å². The highest BCUT2D eigenvalue weighted by Gasteiger charge is 2.18. The number of aryl methyl sites for hydroxylation is 2. The second-order valence-electron chi connectivity index (χ2n) is 5.64. The van der Waals surface area contributed by atoms with Crippen molar-refractivity contribution in [3.05, 3.63) is 47.5 Å². The van der Waals surface area contributed by atoms with Crippen LogP contribution in [0.5, 0.6) is 5.75 Å². The van der Waals surface area contributed by atoms with Gasteiger partial charge in [-0.05, 0) is 48.9 Å². The molecule has 1 atom stereocenters. The zero-order valence-electron chi connectivity index (χ0n) is 12.5. The topological polar surface area (TPSA) is 47.3 Å². The monoisotopic (exact) mass is 286 g/mol. The summed E-state index contributed by atoms with van der Waals surface area (Å²) < 4.78 is 8.00. The van der Waals surface area contributed by atoms with Crippen LogP contribution in [-0.4, -0.2) is 14.7 Å². The van der Waals surface area contributed by atoms with Gasteiger partial charge in [0.2, 0.25) is 0 Å². The van der Waals surface area contributed by atoms with Crippen molar-refractivity contribution in [2.45, 2.75) is 51.9 Å². The molecule has 4 heteroatoms. The molecule has 2 aromatic rings. The minimum Gasteiger partial charge on any atom is -0.487 e. The first-order chi connectivity index (χ1) is 10.3. The summed E-state index contributed by atoms with van der Waals surface area (Å²) in [4.78, 5) is 4.18. The maximum Gasteiger partial charge on any atom is 0.130 e. The molecule has 0 unspecified atom stereocenters. The summed E-state index contributed by atoms with van der Waals surface area (Å²) >= 11 is 0. The summed E-state index contributed by atoms with van der Waals surface area (Å²) in [5.41, 5.74) is 3.35. The molecule has 1 N–H and O–H groups in total. The largest absolute Gasteiger partial charge is 0.487 e. The molecule has 0 spiro atoms. The van der Waals surface area contributed by atoms with Crippen molar-refractivity contribution in [3.63, 3.8) is 0 Å². The molecular formula is C17H22N2O2. The molecule has 21 heavy (non-hydrogen) atoms. The summed E-state index contributed by atoms with van der Waals surface area (Å²) in [6, 6.07) is 6.06. The van der Waals surface area contributed by atoms with Crippen LogP contribution in [0.3, 0.4) is 0 Å². The van der Waals surface area contributed by atoms with Gasteiger partial charge >= 0.3 is 0 Å². The second kappa shape index (κ2) is 6.31. The third-order valence-electron chi connectivity index (χ3n) is 4.05. The lowest BCUT2D eigenvalue weighted by Gasteiger charge is -2.22. The third kappa shape index (κ3) is 3.10. The van der Waals surface area contributed by atoms with Crippen LogP contribution in [0.25, 0.3) is 0 Å². The van der Waals surface area contributed by atoms with Gasteiger partial charge in [0.05, 0.1) is 24.3 Å². The van der Waals surface area contributed by atoms with Gasteiger partial charge in [-0.2, -0.15) is 0 Å². The molecule has 0 amide bonds. The molecule has 1 aromatic heterocycles. The summed E-state index contributed by atoms with van der Waals surface area (Å²) in [5.74, 6) is 0.818. The molecule has 1 aromatic carbocycles. The van der Waals surface area contributed by atoms with Crippen LogP contribution in [0, 0.1) is 0 Å². The van der Waals surface area contributed by atoms with Crippen LogP contribution in [-0.2, 0) is 19.6 Å². The molecule has 1 heterocycles. The standard InChI is InChI=1S/C17H22N2O2/c1-2-8-19-12-18-10-14(19)11-21-15-7-6-13-4-3-5-17(20)16(13)9-15/h6-7,9-10,12,17,20H,2-5,8,11H2,1H3/t17-/m0/s1. The zero-order chi connectivity index (χ0) is 14.7. The number of fused-ring (bicyclic) bond motifs is 1. The quantitative estimate of drug-likeness (QED) is 0.918.